The summed E-state index contributed by atoms with van der Waals surface area (Å²) in [6.45, 7) is 13.8. The first-order valence-electron chi connectivity index (χ1n) is 16.4. The van der Waals surface area contributed by atoms with Crippen molar-refractivity contribution in [3.05, 3.63) is 82.6 Å². The Kier molecular flexibility index (Phi) is 12.7. The van der Waals surface area contributed by atoms with Gasteiger partial charge < -0.3 is 19.3 Å². The number of hydrogen-bond acceptors (Lipinski definition) is 6. The molecule has 2 heterocycles. The van der Waals surface area contributed by atoms with Crippen molar-refractivity contribution in [2.24, 2.45) is 0 Å². The number of rotatable bonds is 14. The Morgan fingerprint density at radius 1 is 1.00 bits per heavy atom. The molecule has 1 aliphatic heterocycles. The van der Waals surface area contributed by atoms with Gasteiger partial charge in [0.1, 0.15) is 11.9 Å². The van der Waals surface area contributed by atoms with Crippen molar-refractivity contribution in [3.8, 4) is 5.75 Å². The van der Waals surface area contributed by atoms with Crippen LogP contribution in [0.5, 0.6) is 5.75 Å². The topological polar surface area (TPSA) is 62.3 Å². The number of anilines is 1. The molecule has 7 nitrogen and oxygen atoms in total. The molecule has 0 N–H and O–H groups in total. The van der Waals surface area contributed by atoms with Crippen LogP contribution >= 0.6 is 11.3 Å². The predicted molar refractivity (Wildman–Crippen MR) is 188 cm³/mol. The third-order valence-corrected chi connectivity index (χ3v) is 11.3. The van der Waals surface area contributed by atoms with Gasteiger partial charge in [-0.1, -0.05) is 69.0 Å². The number of carbonyl (C=O) groups excluding carboxylic acids is 2. The van der Waals surface area contributed by atoms with Crippen LogP contribution in [0.15, 0.2) is 72.1 Å². The Labute approximate surface area is 275 Å². The zero-order valence-corrected chi connectivity index (χ0v) is 29.7. The minimum absolute atomic E-state index is 0.155. The molecule has 0 spiro atoms. The first kappa shape index (κ1) is 34.7. The van der Waals surface area contributed by atoms with Crippen LogP contribution in [-0.4, -0.2) is 69.2 Å². The van der Waals surface area contributed by atoms with E-state index in [1.165, 1.54) is 0 Å². The summed E-state index contributed by atoms with van der Waals surface area (Å²) >= 11 is 1.68. The number of nitrogens with zero attached hydrogens (tertiary/aromatic N) is 3. The molecule has 9 heteroatoms. The molecular weight excluding hydrogens is 599 g/mol. The smallest absolute Gasteiger partial charge is 0.409 e. The van der Waals surface area contributed by atoms with Gasteiger partial charge in [-0.15, -0.1) is 11.3 Å². The van der Waals surface area contributed by atoms with Crippen LogP contribution in [0.2, 0.25) is 25.7 Å². The van der Waals surface area contributed by atoms with E-state index in [1.807, 2.05) is 54.3 Å². The zero-order chi connectivity index (χ0) is 32.4. The van der Waals surface area contributed by atoms with Gasteiger partial charge in [-0.05, 0) is 55.5 Å². The second-order valence-corrected chi connectivity index (χ2v) is 19.8. The molecule has 1 fully saturated rings. The number of hydrogen-bond donors (Lipinski definition) is 0. The summed E-state index contributed by atoms with van der Waals surface area (Å²) in [5, 5.41) is 2.07. The van der Waals surface area contributed by atoms with Crippen LogP contribution in [0.25, 0.3) is 0 Å². The van der Waals surface area contributed by atoms with Crippen LogP contribution < -0.4 is 9.64 Å². The maximum Gasteiger partial charge on any atom is 0.409 e. The minimum Gasteiger partial charge on any atom is -0.484 e. The Morgan fingerprint density at radius 3 is 2.33 bits per heavy atom. The summed E-state index contributed by atoms with van der Waals surface area (Å²) in [5.41, 5.74) is 2.14. The molecule has 2 aromatic carbocycles. The monoisotopic (exact) mass is 649 g/mol. The second-order valence-electron chi connectivity index (χ2n) is 13.2. The average molecular weight is 650 g/mol. The van der Waals surface area contributed by atoms with Crippen LogP contribution in [0.4, 0.5) is 10.5 Å². The summed E-state index contributed by atoms with van der Waals surface area (Å²) in [6.07, 6.45) is 2.55. The molecule has 0 unspecified atom stereocenters. The third kappa shape index (κ3) is 9.92. The Hall–Kier alpha value is -3.14. The number of piperidine rings is 1. The molecule has 0 aliphatic carbocycles. The number of para-hydroxylation sites is 2. The molecule has 2 atom stereocenters. The van der Waals surface area contributed by atoms with E-state index in [2.05, 4.69) is 61.1 Å². The van der Waals surface area contributed by atoms with Gasteiger partial charge in [0.2, 0.25) is 5.91 Å². The molecule has 0 radical (unpaired) electrons. The normalized spacial score (nSPS) is 15.7. The Morgan fingerprint density at radius 2 is 1.69 bits per heavy atom. The van der Waals surface area contributed by atoms with E-state index in [0.717, 1.165) is 53.9 Å². The first-order chi connectivity index (χ1) is 21.6. The highest BCUT2D eigenvalue weighted by Gasteiger charge is 2.31. The van der Waals surface area contributed by atoms with Crippen molar-refractivity contribution in [1.29, 1.82) is 0 Å². The van der Waals surface area contributed by atoms with Crippen molar-refractivity contribution >= 4 is 37.1 Å². The van der Waals surface area contributed by atoms with Gasteiger partial charge in [0, 0.05) is 75.8 Å². The summed E-state index contributed by atoms with van der Waals surface area (Å²) < 4.78 is 12.3. The fourth-order valence-electron chi connectivity index (χ4n) is 5.82. The van der Waals surface area contributed by atoms with E-state index in [4.69, 9.17) is 9.47 Å². The Balaban J connectivity index is 1.40. The number of ether oxygens (including phenoxy) is 2. The summed E-state index contributed by atoms with van der Waals surface area (Å²) in [6, 6.07) is 23.9. The number of likely N-dealkylation sites (tertiary alicyclic amines) is 1. The van der Waals surface area contributed by atoms with Crippen LogP contribution in [0.3, 0.4) is 0 Å². The lowest BCUT2D eigenvalue weighted by Gasteiger charge is -2.41. The first-order valence-corrected chi connectivity index (χ1v) is 20.9. The van der Waals surface area contributed by atoms with Gasteiger partial charge in [0.25, 0.3) is 0 Å². The van der Waals surface area contributed by atoms with E-state index >= 15 is 0 Å². The fourth-order valence-corrected chi connectivity index (χ4v) is 7.33. The maximum atomic E-state index is 13.0. The number of amides is 2. The SMILES string of the molecule is CCC(=O)N(c1ccccc1)C1CCN([C@@H](C)c2ccccc2O[C@@H](CCN(C)C(=O)OCC[Si](C)(C)C)c2cccs2)CC1. The number of carbonyl (C=O) groups is 2. The van der Waals surface area contributed by atoms with Crippen molar-refractivity contribution in [2.45, 2.75) is 83.4 Å². The molecule has 244 valence electrons. The van der Waals surface area contributed by atoms with Crippen molar-refractivity contribution in [1.82, 2.24) is 9.80 Å². The van der Waals surface area contributed by atoms with Gasteiger partial charge >= 0.3 is 6.09 Å². The molecule has 4 rings (SSSR count). The molecule has 0 saturated carbocycles. The molecule has 3 aromatic rings. The highest BCUT2D eigenvalue weighted by molar-refractivity contribution is 7.10. The summed E-state index contributed by atoms with van der Waals surface area (Å²) in [7, 11) is 0.536. The summed E-state index contributed by atoms with van der Waals surface area (Å²) in [5.74, 6) is 1.05. The van der Waals surface area contributed by atoms with E-state index in [1.54, 1.807) is 23.3 Å². The maximum absolute atomic E-state index is 13.0. The van der Waals surface area contributed by atoms with Gasteiger partial charge in [-0.3, -0.25) is 9.69 Å². The molecule has 1 aliphatic rings. The molecule has 45 heavy (non-hydrogen) atoms. The third-order valence-electron chi connectivity index (χ3n) is 8.63. The van der Waals surface area contributed by atoms with Gasteiger partial charge in [0.05, 0.1) is 6.61 Å². The molecule has 2 amide bonds. The highest BCUT2D eigenvalue weighted by atomic mass is 32.1. The Bertz CT molecular complexity index is 1340. The molecule has 1 aromatic heterocycles. The highest BCUT2D eigenvalue weighted by Crippen LogP contribution is 2.36. The molecule has 1 saturated heterocycles. The quantitative estimate of drug-likeness (QED) is 0.164. The van der Waals surface area contributed by atoms with Gasteiger partial charge in [-0.2, -0.15) is 0 Å². The lowest BCUT2D eigenvalue weighted by Crippen LogP contribution is -2.48. The van der Waals surface area contributed by atoms with E-state index in [-0.39, 0.29) is 30.2 Å². The van der Waals surface area contributed by atoms with Gasteiger partial charge in [0.15, 0.2) is 0 Å². The lowest BCUT2D eigenvalue weighted by molar-refractivity contribution is -0.119. The molecular formula is C36H51N3O4SSi. The van der Waals surface area contributed by atoms with Crippen LogP contribution in [0, 0.1) is 0 Å². The fraction of sp³-hybridized carbons (Fsp3) is 0.500. The summed E-state index contributed by atoms with van der Waals surface area (Å²) in [4.78, 5) is 33.0. The van der Waals surface area contributed by atoms with Gasteiger partial charge in [-0.25, -0.2) is 4.79 Å². The van der Waals surface area contributed by atoms with Crippen LogP contribution in [0.1, 0.15) is 62.1 Å². The van der Waals surface area contributed by atoms with E-state index in [9.17, 15) is 9.59 Å². The predicted octanol–water partition coefficient (Wildman–Crippen LogP) is 8.63. The molecule has 0 bridgehead atoms. The number of benzene rings is 2. The van der Waals surface area contributed by atoms with E-state index < -0.39 is 8.07 Å². The number of thiophene rings is 1. The zero-order valence-electron chi connectivity index (χ0n) is 27.9. The van der Waals surface area contributed by atoms with E-state index in [0.29, 0.717) is 26.0 Å². The van der Waals surface area contributed by atoms with Crippen LogP contribution in [-0.2, 0) is 9.53 Å². The van der Waals surface area contributed by atoms with Crippen molar-refractivity contribution < 1.29 is 19.1 Å². The second kappa shape index (κ2) is 16.4. The van der Waals surface area contributed by atoms with Crippen molar-refractivity contribution in [2.75, 3.05) is 38.2 Å². The van der Waals surface area contributed by atoms with Crippen molar-refractivity contribution in [3.63, 3.8) is 0 Å². The largest absolute Gasteiger partial charge is 0.484 e. The average Bonchev–Trinajstić information content (AvgIpc) is 3.58. The standard InChI is InChI=1S/C36H51N3O4SSi/c1-7-35(40)39(29-14-9-8-10-15-29)30-19-23-38(24-20-30)28(2)31-16-11-12-17-32(31)43-33(34-18-13-26-44-34)21-22-37(3)36(41)42-25-27-45(4,5)6/h8-18,26,28,30,33H,7,19-25,27H2,1-6H3/t28-,33-/m0/s1. The lowest BCUT2D eigenvalue weighted by atomic mass is 9.97. The minimum atomic E-state index is -1.26.